The number of carbonyl (C=O) groups is 2. The molecule has 1 aromatic rings. The van der Waals surface area contributed by atoms with Gasteiger partial charge in [-0.25, -0.2) is 0 Å². The van der Waals surface area contributed by atoms with Crippen LogP contribution in [0.1, 0.15) is 23.6 Å². The summed E-state index contributed by atoms with van der Waals surface area (Å²) in [7, 11) is 0. The zero-order valence-corrected chi connectivity index (χ0v) is 10.9. The van der Waals surface area contributed by atoms with Crippen LogP contribution < -0.4 is 5.32 Å². The molecule has 0 aromatic heterocycles. The number of aryl methyl sites for hydroxylation is 1. The van der Waals surface area contributed by atoms with Crippen molar-refractivity contribution in [3.8, 4) is 5.75 Å². The Morgan fingerprint density at radius 3 is 2.28 bits per heavy atom. The highest BCUT2D eigenvalue weighted by molar-refractivity contribution is 6.04. The Hall–Kier alpha value is -2.04. The van der Waals surface area contributed by atoms with E-state index in [1.807, 2.05) is 0 Å². The Kier molecular flexibility index (Phi) is 3.96. The number of carboxylic acids is 1. The SMILES string of the molecule is Cc1cc(NC(=O)C(C)C(=O)O)c(C)c(C)c1O. The molecular weight excluding hydrogens is 234 g/mol. The van der Waals surface area contributed by atoms with Gasteiger partial charge < -0.3 is 15.5 Å². The van der Waals surface area contributed by atoms with Crippen molar-refractivity contribution in [3.63, 3.8) is 0 Å². The molecule has 3 N–H and O–H groups in total. The summed E-state index contributed by atoms with van der Waals surface area (Å²) in [5.74, 6) is -2.66. The molecule has 0 bridgehead atoms. The topological polar surface area (TPSA) is 86.6 Å². The molecule has 1 amide bonds. The minimum absolute atomic E-state index is 0.191. The Balaban J connectivity index is 3.06. The van der Waals surface area contributed by atoms with Gasteiger partial charge >= 0.3 is 5.97 Å². The van der Waals surface area contributed by atoms with Gasteiger partial charge in [0.15, 0.2) is 0 Å². The number of aromatic hydroxyl groups is 1. The van der Waals surface area contributed by atoms with Crippen LogP contribution in [0.4, 0.5) is 5.69 Å². The number of amides is 1. The molecule has 0 radical (unpaired) electrons. The number of carbonyl (C=O) groups excluding carboxylic acids is 1. The van der Waals surface area contributed by atoms with Gasteiger partial charge in [-0.05, 0) is 50.5 Å². The fourth-order valence-corrected chi connectivity index (χ4v) is 1.55. The van der Waals surface area contributed by atoms with Gasteiger partial charge in [-0.2, -0.15) is 0 Å². The van der Waals surface area contributed by atoms with Crippen molar-refractivity contribution in [1.29, 1.82) is 0 Å². The van der Waals surface area contributed by atoms with E-state index >= 15 is 0 Å². The third-order valence-electron chi connectivity index (χ3n) is 3.08. The van der Waals surface area contributed by atoms with Crippen LogP contribution in [0.25, 0.3) is 0 Å². The van der Waals surface area contributed by atoms with Gasteiger partial charge in [0.25, 0.3) is 0 Å². The first-order valence-corrected chi connectivity index (χ1v) is 5.59. The zero-order chi connectivity index (χ0) is 14.0. The van der Waals surface area contributed by atoms with Gasteiger partial charge in [-0.1, -0.05) is 0 Å². The van der Waals surface area contributed by atoms with E-state index in [2.05, 4.69) is 5.32 Å². The number of phenolic OH excluding ortho intramolecular Hbond substituents is 1. The van der Waals surface area contributed by atoms with Crippen molar-refractivity contribution in [1.82, 2.24) is 0 Å². The summed E-state index contributed by atoms with van der Waals surface area (Å²) in [6.07, 6.45) is 0. The van der Waals surface area contributed by atoms with Crippen LogP contribution >= 0.6 is 0 Å². The number of hydrogen-bond acceptors (Lipinski definition) is 3. The lowest BCUT2D eigenvalue weighted by Crippen LogP contribution is -2.27. The van der Waals surface area contributed by atoms with Crippen molar-refractivity contribution in [2.75, 3.05) is 5.32 Å². The highest BCUT2D eigenvalue weighted by atomic mass is 16.4. The molecule has 1 aromatic carbocycles. The van der Waals surface area contributed by atoms with E-state index in [1.54, 1.807) is 26.8 Å². The maximum atomic E-state index is 11.7. The van der Waals surface area contributed by atoms with Crippen molar-refractivity contribution < 1.29 is 19.8 Å². The summed E-state index contributed by atoms with van der Waals surface area (Å²) in [5, 5.41) is 21.1. The Morgan fingerprint density at radius 1 is 1.22 bits per heavy atom. The lowest BCUT2D eigenvalue weighted by molar-refractivity contribution is -0.144. The van der Waals surface area contributed by atoms with E-state index in [0.717, 1.165) is 5.56 Å². The van der Waals surface area contributed by atoms with E-state index in [-0.39, 0.29) is 5.75 Å². The summed E-state index contributed by atoms with van der Waals surface area (Å²) in [6.45, 7) is 6.55. The third-order valence-corrected chi connectivity index (χ3v) is 3.08. The molecule has 0 aliphatic rings. The number of phenols is 1. The van der Waals surface area contributed by atoms with E-state index in [0.29, 0.717) is 16.8 Å². The summed E-state index contributed by atoms with van der Waals surface area (Å²) >= 11 is 0. The van der Waals surface area contributed by atoms with Crippen LogP contribution in [0.2, 0.25) is 0 Å². The molecule has 0 aliphatic heterocycles. The molecule has 0 heterocycles. The number of benzene rings is 1. The first-order valence-electron chi connectivity index (χ1n) is 5.59. The van der Waals surface area contributed by atoms with Crippen molar-refractivity contribution >= 4 is 17.6 Å². The van der Waals surface area contributed by atoms with Crippen molar-refractivity contribution in [3.05, 3.63) is 22.8 Å². The van der Waals surface area contributed by atoms with Crippen LogP contribution in [0, 0.1) is 26.7 Å². The molecule has 98 valence electrons. The first-order chi connectivity index (χ1) is 8.25. The second-order valence-corrected chi connectivity index (χ2v) is 4.39. The van der Waals surface area contributed by atoms with E-state index in [1.165, 1.54) is 6.92 Å². The average Bonchev–Trinajstić information content (AvgIpc) is 2.32. The summed E-state index contributed by atoms with van der Waals surface area (Å²) in [4.78, 5) is 22.4. The van der Waals surface area contributed by atoms with Crippen molar-refractivity contribution in [2.24, 2.45) is 5.92 Å². The molecule has 0 spiro atoms. The molecule has 5 heteroatoms. The van der Waals surface area contributed by atoms with Gasteiger partial charge in [-0.15, -0.1) is 0 Å². The minimum Gasteiger partial charge on any atom is -0.507 e. The maximum Gasteiger partial charge on any atom is 0.315 e. The molecular formula is C13H17NO4. The molecule has 1 unspecified atom stereocenters. The van der Waals surface area contributed by atoms with Gasteiger partial charge in [0.2, 0.25) is 5.91 Å². The van der Waals surface area contributed by atoms with Gasteiger partial charge in [0, 0.05) is 5.69 Å². The van der Waals surface area contributed by atoms with E-state index in [4.69, 9.17) is 5.11 Å². The van der Waals surface area contributed by atoms with E-state index in [9.17, 15) is 14.7 Å². The van der Waals surface area contributed by atoms with Crippen LogP contribution in [0.5, 0.6) is 5.75 Å². The normalized spacial score (nSPS) is 12.0. The first kappa shape index (κ1) is 14.0. The fraction of sp³-hybridized carbons (Fsp3) is 0.385. The highest BCUT2D eigenvalue weighted by Gasteiger charge is 2.21. The number of anilines is 1. The molecule has 1 atom stereocenters. The van der Waals surface area contributed by atoms with E-state index < -0.39 is 17.8 Å². The Morgan fingerprint density at radius 2 is 1.78 bits per heavy atom. The maximum absolute atomic E-state index is 11.7. The number of nitrogens with one attached hydrogen (secondary N) is 1. The van der Waals surface area contributed by atoms with Crippen LogP contribution in [0.3, 0.4) is 0 Å². The second-order valence-electron chi connectivity index (χ2n) is 4.39. The van der Waals surface area contributed by atoms with Crippen molar-refractivity contribution in [2.45, 2.75) is 27.7 Å². The number of aliphatic carboxylic acids is 1. The van der Waals surface area contributed by atoms with Crippen LogP contribution in [-0.2, 0) is 9.59 Å². The van der Waals surface area contributed by atoms with Gasteiger partial charge in [0.1, 0.15) is 11.7 Å². The molecule has 5 nitrogen and oxygen atoms in total. The summed E-state index contributed by atoms with van der Waals surface area (Å²) in [5.41, 5.74) is 2.56. The average molecular weight is 251 g/mol. The smallest absolute Gasteiger partial charge is 0.315 e. The molecule has 0 fully saturated rings. The van der Waals surface area contributed by atoms with Gasteiger partial charge in [0.05, 0.1) is 0 Å². The molecule has 0 saturated heterocycles. The predicted octanol–water partition coefficient (Wildman–Crippen LogP) is 1.98. The largest absolute Gasteiger partial charge is 0.507 e. The predicted molar refractivity (Wildman–Crippen MR) is 67.7 cm³/mol. The molecule has 1 rings (SSSR count). The number of carboxylic acid groups (broad SMARTS) is 1. The molecule has 0 saturated carbocycles. The van der Waals surface area contributed by atoms with Crippen LogP contribution in [0.15, 0.2) is 6.07 Å². The second kappa shape index (κ2) is 5.08. The number of rotatable bonds is 3. The molecule has 0 aliphatic carbocycles. The standard InChI is InChI=1S/C13H17NO4/c1-6-5-10(7(2)8(3)11(6)15)14-12(16)9(4)13(17)18/h5,9,15H,1-4H3,(H,14,16)(H,17,18). The lowest BCUT2D eigenvalue weighted by atomic mass is 10.0. The summed E-state index contributed by atoms with van der Waals surface area (Å²) < 4.78 is 0. The Bertz CT molecular complexity index is 508. The molecule has 18 heavy (non-hydrogen) atoms. The minimum atomic E-state index is -1.17. The van der Waals surface area contributed by atoms with Gasteiger partial charge in [-0.3, -0.25) is 9.59 Å². The quantitative estimate of drug-likeness (QED) is 0.566. The lowest BCUT2D eigenvalue weighted by Gasteiger charge is -2.15. The Labute approximate surface area is 105 Å². The number of hydrogen-bond donors (Lipinski definition) is 3. The monoisotopic (exact) mass is 251 g/mol. The van der Waals surface area contributed by atoms with Crippen LogP contribution in [-0.4, -0.2) is 22.1 Å². The zero-order valence-electron chi connectivity index (χ0n) is 10.9. The summed E-state index contributed by atoms with van der Waals surface area (Å²) in [6, 6.07) is 1.63. The third kappa shape index (κ3) is 2.61. The highest BCUT2D eigenvalue weighted by Crippen LogP contribution is 2.30. The fourth-order valence-electron chi connectivity index (χ4n) is 1.55.